The third-order valence-electron chi connectivity index (χ3n) is 3.79. The lowest BCUT2D eigenvalue weighted by Gasteiger charge is -2.16. The first-order valence-corrected chi connectivity index (χ1v) is 8.14. The van der Waals surface area contributed by atoms with Crippen molar-refractivity contribution in [3.63, 3.8) is 0 Å². The van der Waals surface area contributed by atoms with Gasteiger partial charge in [-0.05, 0) is 36.8 Å². The minimum absolute atomic E-state index is 0.137. The van der Waals surface area contributed by atoms with Crippen molar-refractivity contribution in [2.45, 2.75) is 13.0 Å². The van der Waals surface area contributed by atoms with Crippen LogP contribution in [0.5, 0.6) is 11.5 Å². The molecule has 130 valence electrons. The van der Waals surface area contributed by atoms with Gasteiger partial charge in [-0.1, -0.05) is 29.8 Å². The van der Waals surface area contributed by atoms with Gasteiger partial charge in [-0.25, -0.2) is 0 Å². The van der Waals surface area contributed by atoms with Crippen LogP contribution in [0, 0.1) is 0 Å². The number of hydrogen-bond donors (Lipinski definition) is 2. The summed E-state index contributed by atoms with van der Waals surface area (Å²) in [7, 11) is 0. The van der Waals surface area contributed by atoms with Crippen LogP contribution in [0.1, 0.15) is 28.9 Å². The monoisotopic (exact) mass is 360 g/mol. The Bertz CT molecular complexity index is 809. The Morgan fingerprint density at radius 3 is 2.72 bits per heavy atom. The van der Waals surface area contributed by atoms with E-state index in [0.717, 1.165) is 5.56 Å². The smallest absolute Gasteiger partial charge is 0.251 e. The topological polar surface area (TPSA) is 76.7 Å². The second-order valence-electron chi connectivity index (χ2n) is 5.56. The van der Waals surface area contributed by atoms with E-state index >= 15 is 0 Å². The van der Waals surface area contributed by atoms with Crippen LogP contribution < -0.4 is 20.1 Å². The van der Waals surface area contributed by atoms with Crippen molar-refractivity contribution in [2.24, 2.45) is 0 Å². The number of nitrogens with one attached hydrogen (secondary N) is 2. The molecule has 0 saturated carbocycles. The van der Waals surface area contributed by atoms with Crippen LogP contribution in [-0.2, 0) is 4.79 Å². The van der Waals surface area contributed by atoms with E-state index in [-0.39, 0.29) is 31.2 Å². The van der Waals surface area contributed by atoms with Gasteiger partial charge in [0, 0.05) is 10.6 Å². The zero-order chi connectivity index (χ0) is 17.8. The Labute approximate surface area is 150 Å². The van der Waals surface area contributed by atoms with E-state index in [1.165, 1.54) is 0 Å². The lowest BCUT2D eigenvalue weighted by molar-refractivity contribution is -0.120. The molecule has 0 spiro atoms. The van der Waals surface area contributed by atoms with E-state index in [2.05, 4.69) is 10.6 Å². The van der Waals surface area contributed by atoms with E-state index < -0.39 is 0 Å². The normalized spacial score (nSPS) is 13.2. The Kier molecular flexibility index (Phi) is 5.09. The fourth-order valence-corrected chi connectivity index (χ4v) is 2.80. The minimum atomic E-state index is -0.362. The van der Waals surface area contributed by atoms with Gasteiger partial charge in [0.05, 0.1) is 12.6 Å². The van der Waals surface area contributed by atoms with Crippen molar-refractivity contribution >= 4 is 23.4 Å². The summed E-state index contributed by atoms with van der Waals surface area (Å²) >= 11 is 6.11. The molecule has 3 rings (SSSR count). The van der Waals surface area contributed by atoms with Crippen molar-refractivity contribution in [2.75, 3.05) is 13.3 Å². The Balaban J connectivity index is 1.53. The molecule has 6 nitrogen and oxygen atoms in total. The van der Waals surface area contributed by atoms with Gasteiger partial charge < -0.3 is 20.1 Å². The maximum atomic E-state index is 12.2. The molecule has 1 atom stereocenters. The highest BCUT2D eigenvalue weighted by atomic mass is 35.5. The van der Waals surface area contributed by atoms with Gasteiger partial charge in [-0.3, -0.25) is 9.59 Å². The average Bonchev–Trinajstić information content (AvgIpc) is 3.07. The van der Waals surface area contributed by atoms with Crippen molar-refractivity contribution in [3.8, 4) is 11.5 Å². The Morgan fingerprint density at radius 2 is 1.92 bits per heavy atom. The highest BCUT2D eigenvalue weighted by Gasteiger charge is 2.17. The first-order chi connectivity index (χ1) is 12.0. The van der Waals surface area contributed by atoms with Gasteiger partial charge in [0.1, 0.15) is 0 Å². The molecule has 2 amide bonds. The van der Waals surface area contributed by atoms with Gasteiger partial charge in [-0.15, -0.1) is 0 Å². The van der Waals surface area contributed by atoms with Crippen LogP contribution in [0.25, 0.3) is 0 Å². The minimum Gasteiger partial charge on any atom is -0.454 e. The predicted molar refractivity (Wildman–Crippen MR) is 92.9 cm³/mol. The van der Waals surface area contributed by atoms with Crippen molar-refractivity contribution in [1.29, 1.82) is 0 Å². The summed E-state index contributed by atoms with van der Waals surface area (Å²) in [5.74, 6) is 0.452. The number of carbonyl (C=O) groups excluding carboxylic acids is 2. The number of hydrogen-bond acceptors (Lipinski definition) is 4. The van der Waals surface area contributed by atoms with E-state index in [0.29, 0.717) is 22.1 Å². The molecule has 0 bridgehead atoms. The van der Waals surface area contributed by atoms with Crippen LogP contribution in [0.15, 0.2) is 42.5 Å². The largest absolute Gasteiger partial charge is 0.454 e. The number of ether oxygens (including phenoxy) is 2. The molecular formula is C18H17ClN2O4. The third kappa shape index (κ3) is 4.03. The third-order valence-corrected chi connectivity index (χ3v) is 4.14. The first-order valence-electron chi connectivity index (χ1n) is 7.76. The molecule has 0 unspecified atom stereocenters. The molecule has 0 fully saturated rings. The van der Waals surface area contributed by atoms with Gasteiger partial charge in [0.2, 0.25) is 12.7 Å². The van der Waals surface area contributed by atoms with Crippen LogP contribution in [-0.4, -0.2) is 25.2 Å². The van der Waals surface area contributed by atoms with E-state index in [4.69, 9.17) is 21.1 Å². The quantitative estimate of drug-likeness (QED) is 0.859. The molecule has 0 radical (unpaired) electrons. The van der Waals surface area contributed by atoms with E-state index in [1.807, 2.05) is 25.1 Å². The molecular weight excluding hydrogens is 344 g/mol. The molecule has 2 N–H and O–H groups in total. The van der Waals surface area contributed by atoms with Crippen LogP contribution in [0.3, 0.4) is 0 Å². The average molecular weight is 361 g/mol. The maximum absolute atomic E-state index is 12.2. The first kappa shape index (κ1) is 17.1. The Morgan fingerprint density at radius 1 is 1.16 bits per heavy atom. The Hall–Kier alpha value is -2.73. The predicted octanol–water partition coefficient (Wildman–Crippen LogP) is 2.68. The summed E-state index contributed by atoms with van der Waals surface area (Å²) in [6.07, 6.45) is 0. The highest BCUT2D eigenvalue weighted by Crippen LogP contribution is 2.32. The number of amides is 2. The fourth-order valence-electron chi connectivity index (χ4n) is 2.50. The number of benzene rings is 2. The zero-order valence-electron chi connectivity index (χ0n) is 13.5. The molecule has 0 saturated heterocycles. The summed E-state index contributed by atoms with van der Waals surface area (Å²) < 4.78 is 10.4. The van der Waals surface area contributed by atoms with Gasteiger partial charge >= 0.3 is 0 Å². The molecule has 1 heterocycles. The number of carbonyl (C=O) groups is 2. The molecule has 25 heavy (non-hydrogen) atoms. The van der Waals surface area contributed by atoms with Crippen LogP contribution in [0.2, 0.25) is 5.02 Å². The summed E-state index contributed by atoms with van der Waals surface area (Å²) in [4.78, 5) is 24.2. The standard InChI is InChI=1S/C18H17ClN2O4/c1-11(13-4-2-3-5-14(13)19)21-17(22)9-20-18(23)12-6-7-15-16(8-12)25-10-24-15/h2-8,11H,9-10H2,1H3,(H,20,23)(H,21,22)/t11-/m1/s1. The van der Waals surface area contributed by atoms with E-state index in [1.54, 1.807) is 24.3 Å². The van der Waals surface area contributed by atoms with Crippen molar-refractivity contribution in [1.82, 2.24) is 10.6 Å². The molecule has 2 aromatic rings. The molecule has 1 aliphatic heterocycles. The van der Waals surface area contributed by atoms with Gasteiger partial charge in [0.25, 0.3) is 5.91 Å². The SMILES string of the molecule is C[C@@H](NC(=O)CNC(=O)c1ccc2c(c1)OCO2)c1ccccc1Cl. The highest BCUT2D eigenvalue weighted by molar-refractivity contribution is 6.31. The lowest BCUT2D eigenvalue weighted by atomic mass is 10.1. The van der Waals surface area contributed by atoms with Crippen molar-refractivity contribution in [3.05, 3.63) is 58.6 Å². The molecule has 7 heteroatoms. The summed E-state index contributed by atoms with van der Waals surface area (Å²) in [6.45, 7) is 1.84. The van der Waals surface area contributed by atoms with Gasteiger partial charge in [0.15, 0.2) is 11.5 Å². The molecule has 0 aliphatic carbocycles. The second-order valence-corrected chi connectivity index (χ2v) is 5.97. The second kappa shape index (κ2) is 7.44. The molecule has 2 aromatic carbocycles. The number of rotatable bonds is 5. The lowest BCUT2D eigenvalue weighted by Crippen LogP contribution is -2.38. The molecule has 0 aromatic heterocycles. The van der Waals surface area contributed by atoms with Crippen LogP contribution in [0.4, 0.5) is 0 Å². The zero-order valence-corrected chi connectivity index (χ0v) is 14.3. The molecule has 1 aliphatic rings. The number of halogens is 1. The van der Waals surface area contributed by atoms with E-state index in [9.17, 15) is 9.59 Å². The summed E-state index contributed by atoms with van der Waals surface area (Å²) in [5.41, 5.74) is 1.22. The van der Waals surface area contributed by atoms with Crippen molar-refractivity contribution < 1.29 is 19.1 Å². The van der Waals surface area contributed by atoms with Crippen LogP contribution >= 0.6 is 11.6 Å². The van der Waals surface area contributed by atoms with Gasteiger partial charge in [-0.2, -0.15) is 0 Å². The summed E-state index contributed by atoms with van der Waals surface area (Å²) in [6, 6.07) is 11.9. The number of fused-ring (bicyclic) bond motifs is 1. The fraction of sp³-hybridized carbons (Fsp3) is 0.222. The maximum Gasteiger partial charge on any atom is 0.251 e. The summed E-state index contributed by atoms with van der Waals surface area (Å²) in [5, 5.41) is 5.97.